The van der Waals surface area contributed by atoms with E-state index in [1.807, 2.05) is 0 Å². The molecule has 7 heteroatoms. The Morgan fingerprint density at radius 1 is 1.60 bits per heavy atom. The van der Waals surface area contributed by atoms with Crippen molar-refractivity contribution in [3.05, 3.63) is 23.3 Å². The highest BCUT2D eigenvalue weighted by Gasteiger charge is 2.22. The smallest absolute Gasteiger partial charge is 0.281 e. The summed E-state index contributed by atoms with van der Waals surface area (Å²) in [6, 6.07) is 0.798. The molecule has 0 aliphatic heterocycles. The molecule has 0 bridgehead atoms. The van der Waals surface area contributed by atoms with Crippen LogP contribution in [0.25, 0.3) is 0 Å². The number of nitrogens with two attached hydrogens (primary N) is 1. The van der Waals surface area contributed by atoms with Gasteiger partial charge < -0.3 is 10.5 Å². The fourth-order valence-electron chi connectivity index (χ4n) is 0.993. The number of hydrogen-bond donors (Lipinski definition) is 1. The maximum absolute atomic E-state index is 12.9. The van der Waals surface area contributed by atoms with E-state index in [4.69, 9.17) is 5.73 Å². The van der Waals surface area contributed by atoms with Crippen LogP contribution in [0.3, 0.4) is 0 Å². The molecule has 0 aliphatic rings. The minimum Gasteiger partial charge on any atom is -0.492 e. The maximum Gasteiger partial charge on any atom is 0.281 e. The number of amides is 1. The molecule has 0 aliphatic carbocycles. The molecule has 82 valence electrons. The van der Waals surface area contributed by atoms with Crippen LogP contribution in [0.5, 0.6) is 5.75 Å². The number of alkyl halides is 2. The molecule has 0 spiro atoms. The van der Waals surface area contributed by atoms with Crippen molar-refractivity contribution in [2.75, 3.05) is 7.11 Å². The first kappa shape index (κ1) is 11.3. The van der Waals surface area contributed by atoms with E-state index in [2.05, 4.69) is 9.72 Å². The van der Waals surface area contributed by atoms with Crippen molar-refractivity contribution in [3.8, 4) is 5.75 Å². The number of pyridine rings is 1. The molecule has 15 heavy (non-hydrogen) atoms. The maximum atomic E-state index is 12.9. The van der Waals surface area contributed by atoms with Gasteiger partial charge >= 0.3 is 0 Å². The summed E-state index contributed by atoms with van der Waals surface area (Å²) in [5.74, 6) is -2.73. The molecule has 2 N–H and O–H groups in total. The van der Waals surface area contributed by atoms with Gasteiger partial charge in [-0.25, -0.2) is 13.8 Å². The molecule has 0 saturated carbocycles. The quantitative estimate of drug-likeness (QED) is 0.780. The molecule has 0 atom stereocenters. The third-order valence-corrected chi connectivity index (χ3v) is 1.67. The summed E-state index contributed by atoms with van der Waals surface area (Å²) in [6.07, 6.45) is -3.08. The van der Waals surface area contributed by atoms with Gasteiger partial charge in [0.1, 0.15) is 5.69 Å². The Hall–Kier alpha value is -1.79. The average Bonchev–Trinajstić information content (AvgIpc) is 2.16. The Morgan fingerprint density at radius 2 is 2.20 bits per heavy atom. The van der Waals surface area contributed by atoms with E-state index in [-0.39, 0.29) is 0 Å². The molecule has 1 amide bonds. The van der Waals surface area contributed by atoms with Gasteiger partial charge in [-0.05, 0) is 6.07 Å². The van der Waals surface area contributed by atoms with Crippen molar-refractivity contribution in [1.29, 1.82) is 0 Å². The lowest BCUT2D eigenvalue weighted by molar-refractivity contribution is 0.0981. The second-order valence-corrected chi connectivity index (χ2v) is 2.58. The number of halogens is 3. The van der Waals surface area contributed by atoms with E-state index in [0.29, 0.717) is 0 Å². The summed E-state index contributed by atoms with van der Waals surface area (Å²) in [5, 5.41) is 0. The van der Waals surface area contributed by atoms with Crippen molar-refractivity contribution in [2.45, 2.75) is 6.43 Å². The zero-order chi connectivity index (χ0) is 11.6. The standard InChI is InChI=1S/C8H7F3N2O2/c1-15-4-2-3(8(12)14)5(6(9)10)13-7(4)11/h2,6H,1H3,(H2,12,14). The van der Waals surface area contributed by atoms with Crippen molar-refractivity contribution in [2.24, 2.45) is 5.73 Å². The van der Waals surface area contributed by atoms with Gasteiger partial charge in [0.15, 0.2) is 5.75 Å². The summed E-state index contributed by atoms with van der Waals surface area (Å²) in [6.45, 7) is 0. The summed E-state index contributed by atoms with van der Waals surface area (Å²) < 4.78 is 42.1. The second kappa shape index (κ2) is 4.16. The Bertz CT molecular complexity index is 396. The molecule has 4 nitrogen and oxygen atoms in total. The van der Waals surface area contributed by atoms with Crippen LogP contribution in [-0.4, -0.2) is 18.0 Å². The average molecular weight is 220 g/mol. The summed E-state index contributed by atoms with van der Waals surface area (Å²) >= 11 is 0. The number of carbonyl (C=O) groups is 1. The van der Waals surface area contributed by atoms with Crippen LogP contribution in [0.1, 0.15) is 22.5 Å². The van der Waals surface area contributed by atoms with Crippen LogP contribution in [0.15, 0.2) is 6.07 Å². The van der Waals surface area contributed by atoms with Crippen LogP contribution in [0, 0.1) is 5.95 Å². The van der Waals surface area contributed by atoms with E-state index in [1.165, 1.54) is 0 Å². The normalized spacial score (nSPS) is 10.5. The summed E-state index contributed by atoms with van der Waals surface area (Å²) in [5.41, 5.74) is 3.30. The molecular weight excluding hydrogens is 213 g/mol. The second-order valence-electron chi connectivity index (χ2n) is 2.58. The first-order chi connectivity index (χ1) is 6.97. The van der Waals surface area contributed by atoms with Crippen molar-refractivity contribution >= 4 is 5.91 Å². The van der Waals surface area contributed by atoms with Gasteiger partial charge in [-0.15, -0.1) is 0 Å². The third kappa shape index (κ3) is 2.17. The monoisotopic (exact) mass is 220 g/mol. The van der Waals surface area contributed by atoms with Gasteiger partial charge in [0.05, 0.1) is 12.7 Å². The minimum atomic E-state index is -3.08. The number of ether oxygens (including phenoxy) is 1. The fourth-order valence-corrected chi connectivity index (χ4v) is 0.993. The fraction of sp³-hybridized carbons (Fsp3) is 0.250. The highest BCUT2D eigenvalue weighted by molar-refractivity contribution is 5.94. The van der Waals surface area contributed by atoms with Crippen molar-refractivity contribution in [1.82, 2.24) is 4.98 Å². The lowest BCUT2D eigenvalue weighted by atomic mass is 10.2. The van der Waals surface area contributed by atoms with Crippen LogP contribution in [0.2, 0.25) is 0 Å². The van der Waals surface area contributed by atoms with E-state index in [0.717, 1.165) is 13.2 Å². The summed E-state index contributed by atoms with van der Waals surface area (Å²) in [7, 11) is 1.12. The van der Waals surface area contributed by atoms with Crippen molar-refractivity contribution in [3.63, 3.8) is 0 Å². The first-order valence-corrected chi connectivity index (χ1v) is 3.79. The number of hydrogen-bond acceptors (Lipinski definition) is 3. The highest BCUT2D eigenvalue weighted by Crippen LogP contribution is 2.25. The molecule has 0 saturated heterocycles. The molecular formula is C8H7F3N2O2. The topological polar surface area (TPSA) is 65.2 Å². The molecule has 0 radical (unpaired) electrons. The number of methoxy groups -OCH3 is 1. The third-order valence-electron chi connectivity index (χ3n) is 1.67. The number of primary amides is 1. The largest absolute Gasteiger partial charge is 0.492 e. The lowest BCUT2D eigenvalue weighted by Gasteiger charge is -2.07. The van der Waals surface area contributed by atoms with E-state index in [9.17, 15) is 18.0 Å². The van der Waals surface area contributed by atoms with Crippen LogP contribution in [-0.2, 0) is 0 Å². The predicted octanol–water partition coefficient (Wildman–Crippen LogP) is 1.27. The predicted molar refractivity (Wildman–Crippen MR) is 44.2 cm³/mol. The number of rotatable bonds is 3. The van der Waals surface area contributed by atoms with E-state index >= 15 is 0 Å². The van der Waals surface area contributed by atoms with Gasteiger partial charge in [-0.2, -0.15) is 4.39 Å². The van der Waals surface area contributed by atoms with E-state index < -0.39 is 35.3 Å². The van der Waals surface area contributed by atoms with Gasteiger partial charge in [0.25, 0.3) is 18.3 Å². The molecule has 0 aromatic carbocycles. The van der Waals surface area contributed by atoms with Crippen LogP contribution >= 0.6 is 0 Å². The lowest BCUT2D eigenvalue weighted by Crippen LogP contribution is -2.16. The Balaban J connectivity index is 3.39. The van der Waals surface area contributed by atoms with Crippen LogP contribution < -0.4 is 10.5 Å². The highest BCUT2D eigenvalue weighted by atomic mass is 19.3. The zero-order valence-corrected chi connectivity index (χ0v) is 7.63. The van der Waals surface area contributed by atoms with Gasteiger partial charge in [0, 0.05) is 0 Å². The summed E-state index contributed by atoms with van der Waals surface area (Å²) in [4.78, 5) is 13.7. The minimum absolute atomic E-state index is 0.409. The molecule has 1 heterocycles. The molecule has 1 rings (SSSR count). The Labute approximate surface area is 82.9 Å². The van der Waals surface area contributed by atoms with E-state index in [1.54, 1.807) is 0 Å². The molecule has 0 fully saturated rings. The zero-order valence-electron chi connectivity index (χ0n) is 7.63. The van der Waals surface area contributed by atoms with Gasteiger partial charge in [0.2, 0.25) is 0 Å². The van der Waals surface area contributed by atoms with Crippen LogP contribution in [0.4, 0.5) is 13.2 Å². The number of nitrogens with zero attached hydrogens (tertiary/aromatic N) is 1. The molecule has 1 aromatic rings. The number of carbonyl (C=O) groups excluding carboxylic acids is 1. The Kier molecular flexibility index (Phi) is 3.13. The van der Waals surface area contributed by atoms with Crippen molar-refractivity contribution < 1.29 is 22.7 Å². The SMILES string of the molecule is COc1cc(C(N)=O)c(C(F)F)nc1F. The van der Waals surface area contributed by atoms with Gasteiger partial charge in [-0.3, -0.25) is 4.79 Å². The Morgan fingerprint density at radius 3 is 2.60 bits per heavy atom. The molecule has 1 aromatic heterocycles. The van der Waals surface area contributed by atoms with Gasteiger partial charge in [-0.1, -0.05) is 0 Å². The number of aromatic nitrogens is 1. The molecule has 0 unspecified atom stereocenters. The first-order valence-electron chi connectivity index (χ1n) is 3.79.